The molecule has 2 aromatic rings. The van der Waals surface area contributed by atoms with Crippen LogP contribution in [0.5, 0.6) is 5.75 Å². The highest BCUT2D eigenvalue weighted by atomic mass is 16.6. The van der Waals surface area contributed by atoms with E-state index in [1.165, 1.54) is 0 Å². The lowest BCUT2D eigenvalue weighted by atomic mass is 10.2. The van der Waals surface area contributed by atoms with Gasteiger partial charge < -0.3 is 24.4 Å². The number of rotatable bonds is 7. The molecular formula is C21H21N3O5. The quantitative estimate of drug-likeness (QED) is 0.715. The highest BCUT2D eigenvalue weighted by molar-refractivity contribution is 5.93. The molecule has 8 heteroatoms. The van der Waals surface area contributed by atoms with Gasteiger partial charge in [0.1, 0.15) is 11.8 Å². The summed E-state index contributed by atoms with van der Waals surface area (Å²) in [5, 5.41) is 11.7. The molecule has 1 fully saturated rings. The Kier molecular flexibility index (Phi) is 7.03. The number of morpholine rings is 1. The maximum atomic E-state index is 12.0. The Morgan fingerprint density at radius 1 is 1.07 bits per heavy atom. The fourth-order valence-corrected chi connectivity index (χ4v) is 2.78. The predicted octanol–water partition coefficient (Wildman–Crippen LogP) is 1.96. The smallest absolute Gasteiger partial charge is 0.344 e. The van der Waals surface area contributed by atoms with E-state index in [-0.39, 0.29) is 12.4 Å². The molecule has 0 aromatic heterocycles. The fourth-order valence-electron chi connectivity index (χ4n) is 2.78. The number of benzene rings is 2. The van der Waals surface area contributed by atoms with Crippen LogP contribution in [0.3, 0.4) is 0 Å². The van der Waals surface area contributed by atoms with Gasteiger partial charge in [-0.15, -0.1) is 0 Å². The van der Waals surface area contributed by atoms with E-state index in [0.29, 0.717) is 24.5 Å². The largest absolute Gasteiger partial charge is 0.481 e. The molecule has 29 heavy (non-hydrogen) atoms. The summed E-state index contributed by atoms with van der Waals surface area (Å²) >= 11 is 0. The summed E-state index contributed by atoms with van der Waals surface area (Å²) in [5.74, 6) is -0.859. The maximum absolute atomic E-state index is 12.0. The van der Waals surface area contributed by atoms with Crippen molar-refractivity contribution in [2.45, 2.75) is 0 Å². The molecule has 3 rings (SSSR count). The van der Waals surface area contributed by atoms with Crippen molar-refractivity contribution in [2.24, 2.45) is 0 Å². The summed E-state index contributed by atoms with van der Waals surface area (Å²) in [6.45, 7) is 2.27. The third kappa shape index (κ3) is 5.96. The number of esters is 1. The van der Waals surface area contributed by atoms with Crippen LogP contribution in [0, 0.1) is 11.3 Å². The topological polar surface area (TPSA) is 101 Å². The van der Waals surface area contributed by atoms with E-state index in [9.17, 15) is 9.59 Å². The van der Waals surface area contributed by atoms with Crippen molar-refractivity contribution in [3.8, 4) is 11.8 Å². The van der Waals surface area contributed by atoms with E-state index < -0.39 is 18.5 Å². The Hall–Kier alpha value is -3.57. The highest BCUT2D eigenvalue weighted by Crippen LogP contribution is 2.19. The summed E-state index contributed by atoms with van der Waals surface area (Å²) < 4.78 is 15.5. The van der Waals surface area contributed by atoms with E-state index in [4.69, 9.17) is 19.5 Å². The summed E-state index contributed by atoms with van der Waals surface area (Å²) in [5.41, 5.74) is 1.99. The molecule has 1 saturated heterocycles. The standard InChI is InChI=1S/C21H21N3O5/c22-13-16-3-1-2-4-19(16)28-15-21(26)29-14-20(25)23-17-5-7-18(8-6-17)24-9-11-27-12-10-24/h1-8H,9-12,14-15H2,(H,23,25). The number of hydrogen-bond acceptors (Lipinski definition) is 7. The van der Waals surface area contributed by atoms with E-state index in [1.54, 1.807) is 36.4 Å². The van der Waals surface area contributed by atoms with Crippen LogP contribution >= 0.6 is 0 Å². The number of amides is 1. The lowest BCUT2D eigenvalue weighted by Gasteiger charge is -2.28. The van der Waals surface area contributed by atoms with Crippen molar-refractivity contribution in [1.82, 2.24) is 0 Å². The molecule has 0 aliphatic carbocycles. The number of nitriles is 1. The molecule has 0 saturated carbocycles. The zero-order chi connectivity index (χ0) is 20.5. The number of carbonyl (C=O) groups excluding carboxylic acids is 2. The molecule has 0 bridgehead atoms. The average Bonchev–Trinajstić information content (AvgIpc) is 2.77. The summed E-state index contributed by atoms with van der Waals surface area (Å²) in [6.07, 6.45) is 0. The van der Waals surface area contributed by atoms with Gasteiger partial charge in [-0.3, -0.25) is 4.79 Å². The number of para-hydroxylation sites is 1. The molecule has 1 amide bonds. The van der Waals surface area contributed by atoms with Gasteiger partial charge in [0.05, 0.1) is 18.8 Å². The van der Waals surface area contributed by atoms with Crippen LogP contribution in [0.2, 0.25) is 0 Å². The Bertz CT molecular complexity index is 886. The number of nitrogens with zero attached hydrogens (tertiary/aromatic N) is 2. The first-order chi connectivity index (χ1) is 14.2. The number of carbonyl (C=O) groups is 2. The lowest BCUT2D eigenvalue weighted by molar-refractivity contribution is -0.149. The minimum atomic E-state index is -0.699. The van der Waals surface area contributed by atoms with Crippen LogP contribution in [0.15, 0.2) is 48.5 Å². The van der Waals surface area contributed by atoms with Gasteiger partial charge in [-0.25, -0.2) is 4.79 Å². The van der Waals surface area contributed by atoms with Crippen molar-refractivity contribution in [3.05, 3.63) is 54.1 Å². The van der Waals surface area contributed by atoms with Crippen LogP contribution in [0.4, 0.5) is 11.4 Å². The number of nitrogens with one attached hydrogen (secondary N) is 1. The summed E-state index contributed by atoms with van der Waals surface area (Å²) in [6, 6.07) is 16.0. The third-order valence-corrected chi connectivity index (χ3v) is 4.24. The van der Waals surface area contributed by atoms with Gasteiger partial charge in [-0.1, -0.05) is 12.1 Å². The van der Waals surface area contributed by atoms with Crippen molar-refractivity contribution >= 4 is 23.3 Å². The molecule has 0 atom stereocenters. The van der Waals surface area contributed by atoms with Gasteiger partial charge in [0.25, 0.3) is 5.91 Å². The Morgan fingerprint density at radius 2 is 1.79 bits per heavy atom. The number of hydrogen-bond donors (Lipinski definition) is 1. The number of ether oxygens (including phenoxy) is 3. The first-order valence-corrected chi connectivity index (χ1v) is 9.16. The Balaban J connectivity index is 1.41. The van der Waals surface area contributed by atoms with Gasteiger partial charge in [0.2, 0.25) is 0 Å². The zero-order valence-electron chi connectivity index (χ0n) is 15.8. The lowest BCUT2D eigenvalue weighted by Crippen LogP contribution is -2.36. The van der Waals surface area contributed by atoms with Gasteiger partial charge in [0.15, 0.2) is 13.2 Å². The SMILES string of the molecule is N#Cc1ccccc1OCC(=O)OCC(=O)Nc1ccc(N2CCOCC2)cc1. The van der Waals surface area contributed by atoms with Crippen molar-refractivity contribution in [2.75, 3.05) is 49.7 Å². The van der Waals surface area contributed by atoms with Crippen LogP contribution in [0.1, 0.15) is 5.56 Å². The second-order valence-electron chi connectivity index (χ2n) is 6.25. The fraction of sp³-hybridized carbons (Fsp3) is 0.286. The molecule has 2 aromatic carbocycles. The normalized spacial score (nSPS) is 13.3. The van der Waals surface area contributed by atoms with Gasteiger partial charge in [-0.2, -0.15) is 5.26 Å². The minimum Gasteiger partial charge on any atom is -0.481 e. The molecule has 150 valence electrons. The third-order valence-electron chi connectivity index (χ3n) is 4.24. The van der Waals surface area contributed by atoms with Crippen molar-refractivity contribution in [3.63, 3.8) is 0 Å². The van der Waals surface area contributed by atoms with Crippen LogP contribution in [0.25, 0.3) is 0 Å². The maximum Gasteiger partial charge on any atom is 0.344 e. The summed E-state index contributed by atoms with van der Waals surface area (Å²) in [7, 11) is 0. The molecule has 1 aliphatic heterocycles. The molecule has 8 nitrogen and oxygen atoms in total. The predicted molar refractivity (Wildman–Crippen MR) is 106 cm³/mol. The molecule has 1 heterocycles. The van der Waals surface area contributed by atoms with Crippen molar-refractivity contribution in [1.29, 1.82) is 5.26 Å². The minimum absolute atomic E-state index is 0.289. The molecule has 0 unspecified atom stereocenters. The van der Waals surface area contributed by atoms with Gasteiger partial charge in [0, 0.05) is 24.5 Å². The van der Waals surface area contributed by atoms with Crippen LogP contribution in [-0.4, -0.2) is 51.4 Å². The zero-order valence-corrected chi connectivity index (χ0v) is 15.8. The van der Waals surface area contributed by atoms with E-state index in [2.05, 4.69) is 10.2 Å². The first-order valence-electron chi connectivity index (χ1n) is 9.16. The van der Waals surface area contributed by atoms with E-state index >= 15 is 0 Å². The Labute approximate surface area is 168 Å². The van der Waals surface area contributed by atoms with E-state index in [1.807, 2.05) is 18.2 Å². The molecule has 0 spiro atoms. The second-order valence-corrected chi connectivity index (χ2v) is 6.25. The first kappa shape index (κ1) is 20.2. The molecule has 1 N–H and O–H groups in total. The van der Waals surface area contributed by atoms with Crippen molar-refractivity contribution < 1.29 is 23.8 Å². The monoisotopic (exact) mass is 395 g/mol. The number of anilines is 2. The molecule has 0 radical (unpaired) electrons. The van der Waals surface area contributed by atoms with E-state index in [0.717, 1.165) is 18.8 Å². The Morgan fingerprint density at radius 3 is 2.52 bits per heavy atom. The van der Waals surface area contributed by atoms with Crippen LogP contribution < -0.4 is 15.0 Å². The molecular weight excluding hydrogens is 374 g/mol. The molecule has 1 aliphatic rings. The van der Waals surface area contributed by atoms with Crippen LogP contribution in [-0.2, 0) is 19.1 Å². The second kappa shape index (κ2) is 10.1. The van der Waals surface area contributed by atoms with Gasteiger partial charge in [-0.05, 0) is 36.4 Å². The average molecular weight is 395 g/mol. The van der Waals surface area contributed by atoms with Gasteiger partial charge >= 0.3 is 5.97 Å². The highest BCUT2D eigenvalue weighted by Gasteiger charge is 2.12. The summed E-state index contributed by atoms with van der Waals surface area (Å²) in [4.78, 5) is 26.0.